The first-order valence-corrected chi connectivity index (χ1v) is 14.1. The van der Waals surface area contributed by atoms with Crippen molar-refractivity contribution in [3.05, 3.63) is 99.9 Å². The van der Waals surface area contributed by atoms with E-state index < -0.39 is 0 Å². The van der Waals surface area contributed by atoms with Gasteiger partial charge in [-0.15, -0.1) is 0 Å². The van der Waals surface area contributed by atoms with Gasteiger partial charge in [0.25, 0.3) is 17.7 Å². The second kappa shape index (κ2) is 12.1. The Morgan fingerprint density at radius 2 is 1.60 bits per heavy atom. The van der Waals surface area contributed by atoms with Gasteiger partial charge in [-0.3, -0.25) is 14.4 Å². The summed E-state index contributed by atoms with van der Waals surface area (Å²) in [6, 6.07) is 22.5. The highest BCUT2D eigenvalue weighted by molar-refractivity contribution is 7.18. The van der Waals surface area contributed by atoms with Crippen molar-refractivity contribution in [1.82, 2.24) is 20.9 Å². The SMILES string of the molecule is CCNC(=O)c1ccc(-c2nc(Nc3cc(C(=O)NC4CC4)ccc3C)sc2C(=O)NCc2ccccc2)cc1. The number of aryl methyl sites for hydroxylation is 1. The first-order chi connectivity index (χ1) is 19.4. The molecule has 8 nitrogen and oxygen atoms in total. The number of rotatable bonds is 10. The van der Waals surface area contributed by atoms with Crippen LogP contribution < -0.4 is 21.3 Å². The topological polar surface area (TPSA) is 112 Å². The Balaban J connectivity index is 1.43. The molecule has 0 unspecified atom stereocenters. The summed E-state index contributed by atoms with van der Waals surface area (Å²) in [5.41, 5.74) is 5.01. The van der Waals surface area contributed by atoms with E-state index in [1.54, 1.807) is 24.3 Å². The van der Waals surface area contributed by atoms with Crippen LogP contribution in [0.25, 0.3) is 11.3 Å². The van der Waals surface area contributed by atoms with Crippen molar-refractivity contribution in [2.24, 2.45) is 0 Å². The summed E-state index contributed by atoms with van der Waals surface area (Å²) in [7, 11) is 0. The van der Waals surface area contributed by atoms with E-state index in [4.69, 9.17) is 4.98 Å². The molecule has 4 N–H and O–H groups in total. The number of hydrogen-bond acceptors (Lipinski definition) is 6. The monoisotopic (exact) mass is 553 g/mol. The fraction of sp³-hybridized carbons (Fsp3) is 0.226. The lowest BCUT2D eigenvalue weighted by atomic mass is 10.1. The fourth-order valence-corrected chi connectivity index (χ4v) is 5.05. The van der Waals surface area contributed by atoms with Crippen molar-refractivity contribution in [2.45, 2.75) is 39.3 Å². The molecule has 1 aliphatic carbocycles. The average Bonchev–Trinajstić information content (AvgIpc) is 3.69. The van der Waals surface area contributed by atoms with Crippen molar-refractivity contribution >= 4 is 39.9 Å². The van der Waals surface area contributed by atoms with E-state index in [0.29, 0.717) is 39.9 Å². The highest BCUT2D eigenvalue weighted by Crippen LogP contribution is 2.34. The van der Waals surface area contributed by atoms with Gasteiger partial charge in [0.2, 0.25) is 0 Å². The second-order valence-corrected chi connectivity index (χ2v) is 10.7. The minimum Gasteiger partial charge on any atom is -0.352 e. The number of carbonyl (C=O) groups excluding carboxylic acids is 3. The predicted octanol–water partition coefficient (Wildman–Crippen LogP) is 5.43. The Hall–Kier alpha value is -4.50. The molecule has 0 atom stereocenters. The van der Waals surface area contributed by atoms with Gasteiger partial charge in [0.15, 0.2) is 5.13 Å². The molecule has 4 aromatic rings. The molecular formula is C31H31N5O3S. The Bertz CT molecular complexity index is 1530. The van der Waals surface area contributed by atoms with Gasteiger partial charge < -0.3 is 21.3 Å². The minimum atomic E-state index is -0.244. The van der Waals surface area contributed by atoms with Gasteiger partial charge in [-0.1, -0.05) is 59.9 Å². The molecule has 0 spiro atoms. The Labute approximate surface area is 237 Å². The number of aromatic nitrogens is 1. The zero-order valence-corrected chi connectivity index (χ0v) is 23.2. The first kappa shape index (κ1) is 27.1. The van der Waals surface area contributed by atoms with Crippen LogP contribution in [0.4, 0.5) is 10.8 Å². The summed E-state index contributed by atoms with van der Waals surface area (Å²) < 4.78 is 0. The average molecular weight is 554 g/mol. The maximum absolute atomic E-state index is 13.4. The molecule has 5 rings (SSSR count). The summed E-state index contributed by atoms with van der Waals surface area (Å²) in [6.07, 6.45) is 2.04. The smallest absolute Gasteiger partial charge is 0.264 e. The molecule has 1 heterocycles. The molecule has 9 heteroatoms. The van der Waals surface area contributed by atoms with Crippen molar-refractivity contribution in [1.29, 1.82) is 0 Å². The molecule has 0 saturated heterocycles. The van der Waals surface area contributed by atoms with Crippen LogP contribution in [0, 0.1) is 6.92 Å². The Morgan fingerprint density at radius 1 is 0.875 bits per heavy atom. The van der Waals surface area contributed by atoms with Crippen molar-refractivity contribution in [3.8, 4) is 11.3 Å². The van der Waals surface area contributed by atoms with Gasteiger partial charge >= 0.3 is 0 Å². The van der Waals surface area contributed by atoms with E-state index in [-0.39, 0.29) is 23.8 Å². The summed E-state index contributed by atoms with van der Waals surface area (Å²) in [5, 5.41) is 12.7. The van der Waals surface area contributed by atoms with Crippen LogP contribution in [0.2, 0.25) is 0 Å². The van der Waals surface area contributed by atoms with Crippen LogP contribution in [0.15, 0.2) is 72.8 Å². The molecular weight excluding hydrogens is 522 g/mol. The Kier molecular flexibility index (Phi) is 8.21. The van der Waals surface area contributed by atoms with Gasteiger partial charge in [-0.2, -0.15) is 0 Å². The second-order valence-electron chi connectivity index (χ2n) is 9.70. The number of anilines is 2. The number of hydrogen-bond donors (Lipinski definition) is 4. The maximum Gasteiger partial charge on any atom is 0.264 e. The molecule has 3 aromatic carbocycles. The molecule has 1 saturated carbocycles. The third-order valence-corrected chi connectivity index (χ3v) is 7.51. The number of amides is 3. The first-order valence-electron chi connectivity index (χ1n) is 13.3. The largest absolute Gasteiger partial charge is 0.352 e. The predicted molar refractivity (Wildman–Crippen MR) is 158 cm³/mol. The van der Waals surface area contributed by atoms with Gasteiger partial charge in [-0.05, 0) is 62.1 Å². The summed E-state index contributed by atoms with van der Waals surface area (Å²) in [6.45, 7) is 4.74. The fourth-order valence-electron chi connectivity index (χ4n) is 4.13. The van der Waals surface area contributed by atoms with Gasteiger partial charge in [0, 0.05) is 41.5 Å². The lowest BCUT2D eigenvalue weighted by molar-refractivity contribution is 0.0944. The molecule has 1 aliphatic rings. The number of nitrogens with one attached hydrogen (secondary N) is 4. The summed E-state index contributed by atoms with van der Waals surface area (Å²) in [5.74, 6) is -0.498. The zero-order chi connectivity index (χ0) is 28.1. The van der Waals surface area contributed by atoms with Crippen LogP contribution >= 0.6 is 11.3 Å². The third-order valence-electron chi connectivity index (χ3n) is 6.54. The molecule has 1 fully saturated rings. The number of nitrogens with zero attached hydrogens (tertiary/aromatic N) is 1. The van der Waals surface area contributed by atoms with E-state index >= 15 is 0 Å². The van der Waals surface area contributed by atoms with Crippen molar-refractivity contribution in [3.63, 3.8) is 0 Å². The normalized spacial score (nSPS) is 12.4. The highest BCUT2D eigenvalue weighted by Gasteiger charge is 2.24. The maximum atomic E-state index is 13.4. The Morgan fingerprint density at radius 3 is 2.30 bits per heavy atom. The van der Waals surface area contributed by atoms with Crippen molar-refractivity contribution in [2.75, 3.05) is 11.9 Å². The van der Waals surface area contributed by atoms with E-state index in [1.807, 2.05) is 62.4 Å². The molecule has 3 amide bonds. The van der Waals surface area contributed by atoms with Crippen LogP contribution in [0.1, 0.15) is 61.3 Å². The quantitative estimate of drug-likeness (QED) is 0.209. The van der Waals surface area contributed by atoms with Gasteiger partial charge in [-0.25, -0.2) is 4.98 Å². The lowest BCUT2D eigenvalue weighted by Gasteiger charge is -2.10. The molecule has 1 aromatic heterocycles. The van der Waals surface area contributed by atoms with Crippen LogP contribution in [-0.4, -0.2) is 35.3 Å². The van der Waals surface area contributed by atoms with Crippen LogP contribution in [-0.2, 0) is 6.54 Å². The minimum absolute atomic E-state index is 0.0986. The third kappa shape index (κ3) is 6.55. The lowest BCUT2D eigenvalue weighted by Crippen LogP contribution is -2.25. The standard InChI is InChI=1S/C31H31N5O3S/c1-3-32-28(37)22-13-11-21(12-14-22)26-27(30(39)33-18-20-7-5-4-6-8-20)40-31(36-26)35-25-17-23(10-9-19(25)2)29(38)34-24-15-16-24/h4-14,17,24H,3,15-16,18H2,1-2H3,(H,32,37)(H,33,39)(H,34,38)(H,35,36). The van der Waals surface area contributed by atoms with E-state index in [0.717, 1.165) is 35.2 Å². The van der Waals surface area contributed by atoms with Crippen LogP contribution in [0.5, 0.6) is 0 Å². The molecule has 0 bridgehead atoms. The molecule has 40 heavy (non-hydrogen) atoms. The molecule has 0 radical (unpaired) electrons. The van der Waals surface area contributed by atoms with E-state index in [2.05, 4.69) is 21.3 Å². The zero-order valence-electron chi connectivity index (χ0n) is 22.4. The van der Waals surface area contributed by atoms with E-state index in [1.165, 1.54) is 11.3 Å². The van der Waals surface area contributed by atoms with Gasteiger partial charge in [0.05, 0.1) is 5.69 Å². The van der Waals surface area contributed by atoms with Crippen LogP contribution in [0.3, 0.4) is 0 Å². The molecule has 0 aliphatic heterocycles. The highest BCUT2D eigenvalue weighted by atomic mass is 32.1. The number of benzene rings is 3. The van der Waals surface area contributed by atoms with Crippen molar-refractivity contribution < 1.29 is 14.4 Å². The van der Waals surface area contributed by atoms with E-state index in [9.17, 15) is 14.4 Å². The molecule has 204 valence electrons. The summed E-state index contributed by atoms with van der Waals surface area (Å²) >= 11 is 1.24. The number of carbonyl (C=O) groups is 3. The number of thiazole rings is 1. The summed E-state index contributed by atoms with van der Waals surface area (Å²) in [4.78, 5) is 43.5. The van der Waals surface area contributed by atoms with Gasteiger partial charge in [0.1, 0.15) is 4.88 Å².